The van der Waals surface area contributed by atoms with E-state index in [4.69, 9.17) is 5.26 Å². The number of carbonyl (C=O) groups excluding carboxylic acids is 3. The summed E-state index contributed by atoms with van der Waals surface area (Å²) in [6, 6.07) is 8.85. The summed E-state index contributed by atoms with van der Waals surface area (Å²) in [5.41, 5.74) is 1.33. The maximum Gasteiger partial charge on any atom is 0.248 e. The van der Waals surface area contributed by atoms with Crippen LogP contribution in [0.2, 0.25) is 0 Å². The number of nitrogens with zero attached hydrogens (tertiary/aromatic N) is 3. The van der Waals surface area contributed by atoms with Crippen molar-refractivity contribution in [3.8, 4) is 6.07 Å². The number of amides is 2. The molecule has 1 heterocycles. The number of imide groups is 1. The zero-order valence-corrected chi connectivity index (χ0v) is 12.4. The van der Waals surface area contributed by atoms with Crippen LogP contribution in [0.4, 0.5) is 5.69 Å². The summed E-state index contributed by atoms with van der Waals surface area (Å²) >= 11 is 0. The molecular weight excluding hydrogens is 282 g/mol. The van der Waals surface area contributed by atoms with Crippen molar-refractivity contribution in [3.05, 3.63) is 29.8 Å². The largest absolute Gasteiger partial charge is 0.353 e. The molecule has 2 rings (SSSR count). The molecule has 0 atom stereocenters. The zero-order chi connectivity index (χ0) is 16.1. The van der Waals surface area contributed by atoms with Gasteiger partial charge in [0, 0.05) is 24.2 Å². The monoisotopic (exact) mass is 299 g/mol. The number of hydrogen-bond acceptors (Lipinski definition) is 5. The van der Waals surface area contributed by atoms with Gasteiger partial charge < -0.3 is 4.90 Å². The smallest absolute Gasteiger partial charge is 0.248 e. The van der Waals surface area contributed by atoms with Crippen LogP contribution in [-0.2, 0) is 9.59 Å². The molecule has 1 fully saturated rings. The Hall–Kier alpha value is -2.68. The lowest BCUT2D eigenvalue weighted by molar-refractivity contribution is -0.145. The molecular formula is C16H17N3O3. The molecule has 1 aliphatic heterocycles. The van der Waals surface area contributed by atoms with Crippen molar-refractivity contribution in [2.45, 2.75) is 19.8 Å². The fraction of sp³-hybridized carbons (Fsp3) is 0.375. The molecule has 0 aromatic heterocycles. The van der Waals surface area contributed by atoms with Crippen LogP contribution in [-0.4, -0.2) is 42.1 Å². The highest BCUT2D eigenvalue weighted by Gasteiger charge is 2.30. The minimum Gasteiger partial charge on any atom is -0.353 e. The number of unbranched alkanes of at least 4 members (excludes halogenated alkanes) is 1. The average Bonchev–Trinajstić information content (AvgIpc) is 2.50. The van der Waals surface area contributed by atoms with E-state index in [0.717, 1.165) is 5.69 Å². The first-order chi connectivity index (χ1) is 10.5. The van der Waals surface area contributed by atoms with Crippen molar-refractivity contribution in [3.63, 3.8) is 0 Å². The van der Waals surface area contributed by atoms with Crippen molar-refractivity contribution in [1.82, 2.24) is 4.90 Å². The maximum atomic E-state index is 12.1. The van der Waals surface area contributed by atoms with Gasteiger partial charge in [0.05, 0.1) is 19.2 Å². The van der Waals surface area contributed by atoms with Gasteiger partial charge in [-0.15, -0.1) is 0 Å². The minimum atomic E-state index is -0.259. The Bertz CT molecular complexity index is 613. The summed E-state index contributed by atoms with van der Waals surface area (Å²) in [4.78, 5) is 38.3. The third-order valence-corrected chi connectivity index (χ3v) is 3.56. The number of Topliss-reactive ketones (excluding diaryl/α,β-unsaturated/α-hetero) is 1. The van der Waals surface area contributed by atoms with Crippen molar-refractivity contribution in [2.24, 2.45) is 0 Å². The third-order valence-electron chi connectivity index (χ3n) is 3.56. The number of hydrogen-bond donors (Lipinski definition) is 0. The molecule has 0 aliphatic carbocycles. The van der Waals surface area contributed by atoms with Crippen molar-refractivity contribution in [2.75, 3.05) is 24.5 Å². The molecule has 6 nitrogen and oxygen atoms in total. The quantitative estimate of drug-likeness (QED) is 0.466. The molecule has 0 unspecified atom stereocenters. The Kier molecular flexibility index (Phi) is 4.89. The summed E-state index contributed by atoms with van der Waals surface area (Å²) < 4.78 is 0. The van der Waals surface area contributed by atoms with Gasteiger partial charge in [0.25, 0.3) is 0 Å². The van der Waals surface area contributed by atoms with Crippen LogP contribution in [0.5, 0.6) is 0 Å². The van der Waals surface area contributed by atoms with E-state index in [9.17, 15) is 14.4 Å². The number of ketones is 1. The summed E-state index contributed by atoms with van der Waals surface area (Å²) in [5, 5.41) is 8.51. The van der Waals surface area contributed by atoms with Gasteiger partial charge in [0.2, 0.25) is 11.8 Å². The number of anilines is 1. The van der Waals surface area contributed by atoms with E-state index in [1.54, 1.807) is 29.2 Å². The van der Waals surface area contributed by atoms with Gasteiger partial charge in [0.15, 0.2) is 5.78 Å². The fourth-order valence-electron chi connectivity index (χ4n) is 2.35. The van der Waals surface area contributed by atoms with Gasteiger partial charge in [-0.05, 0) is 37.6 Å². The molecule has 2 amide bonds. The van der Waals surface area contributed by atoms with E-state index in [-0.39, 0.29) is 30.7 Å². The Labute approximate surface area is 128 Å². The van der Waals surface area contributed by atoms with Gasteiger partial charge in [-0.3, -0.25) is 19.3 Å². The van der Waals surface area contributed by atoms with Crippen LogP contribution < -0.4 is 4.90 Å². The molecule has 22 heavy (non-hydrogen) atoms. The second kappa shape index (κ2) is 6.85. The second-order valence-electron chi connectivity index (χ2n) is 5.16. The predicted molar refractivity (Wildman–Crippen MR) is 80.2 cm³/mol. The van der Waals surface area contributed by atoms with Gasteiger partial charge in [-0.1, -0.05) is 0 Å². The Morgan fingerprint density at radius 3 is 2.27 bits per heavy atom. The normalized spacial score (nSPS) is 14.9. The second-order valence-corrected chi connectivity index (χ2v) is 5.16. The van der Waals surface area contributed by atoms with E-state index < -0.39 is 0 Å². The predicted octanol–water partition coefficient (Wildman–Crippen LogP) is 1.37. The lowest BCUT2D eigenvalue weighted by Gasteiger charge is -2.34. The number of benzene rings is 1. The summed E-state index contributed by atoms with van der Waals surface area (Å²) in [5.74, 6) is -0.546. The highest BCUT2D eigenvalue weighted by atomic mass is 16.2. The molecule has 1 saturated heterocycles. The van der Waals surface area contributed by atoms with E-state index >= 15 is 0 Å². The van der Waals surface area contributed by atoms with Crippen LogP contribution in [0.1, 0.15) is 30.1 Å². The molecule has 6 heteroatoms. The van der Waals surface area contributed by atoms with E-state index in [1.807, 2.05) is 6.07 Å². The molecule has 0 N–H and O–H groups in total. The van der Waals surface area contributed by atoms with Crippen LogP contribution in [0.25, 0.3) is 0 Å². The van der Waals surface area contributed by atoms with Crippen LogP contribution in [0, 0.1) is 11.3 Å². The first-order valence-corrected chi connectivity index (χ1v) is 7.09. The fourth-order valence-corrected chi connectivity index (χ4v) is 2.35. The van der Waals surface area contributed by atoms with Gasteiger partial charge in [-0.2, -0.15) is 5.26 Å². The molecule has 1 aromatic carbocycles. The topological polar surface area (TPSA) is 81.5 Å². The number of rotatable bonds is 5. The molecule has 0 saturated carbocycles. The summed E-state index contributed by atoms with van der Waals surface area (Å²) in [6.45, 7) is 2.03. The average molecular weight is 299 g/mol. The standard InChI is InChI=1S/C16H17N3O3/c1-12(20)13-4-6-14(7-5-13)18-10-15(21)19(16(22)11-18)9-3-2-8-17/h4-7H,2-3,9-11H2,1H3. The SMILES string of the molecule is CC(=O)c1ccc(N2CC(=O)N(CCCC#N)C(=O)C2)cc1. The van der Waals surface area contributed by atoms with Crippen LogP contribution >= 0.6 is 0 Å². The van der Waals surface area contributed by atoms with Gasteiger partial charge in [0.1, 0.15) is 0 Å². The third kappa shape index (κ3) is 3.50. The molecule has 114 valence electrons. The highest BCUT2D eigenvalue weighted by molar-refractivity contribution is 6.03. The van der Waals surface area contributed by atoms with E-state index in [1.165, 1.54) is 11.8 Å². The summed E-state index contributed by atoms with van der Waals surface area (Å²) in [6.07, 6.45) is 0.828. The Morgan fingerprint density at radius 2 is 1.77 bits per heavy atom. The molecule has 1 aliphatic rings. The Morgan fingerprint density at radius 1 is 1.18 bits per heavy atom. The number of piperazine rings is 1. The summed E-state index contributed by atoms with van der Waals surface area (Å²) in [7, 11) is 0. The van der Waals surface area contributed by atoms with Crippen molar-refractivity contribution >= 4 is 23.3 Å². The minimum absolute atomic E-state index is 0.0268. The molecule has 0 bridgehead atoms. The van der Waals surface area contributed by atoms with Gasteiger partial charge >= 0.3 is 0 Å². The zero-order valence-electron chi connectivity index (χ0n) is 12.4. The van der Waals surface area contributed by atoms with Gasteiger partial charge in [-0.25, -0.2) is 0 Å². The first-order valence-electron chi connectivity index (χ1n) is 7.09. The number of carbonyl (C=O) groups is 3. The number of nitriles is 1. The van der Waals surface area contributed by atoms with E-state index in [2.05, 4.69) is 0 Å². The van der Waals surface area contributed by atoms with Crippen molar-refractivity contribution < 1.29 is 14.4 Å². The Balaban J connectivity index is 2.04. The molecule has 1 aromatic rings. The maximum absolute atomic E-state index is 12.1. The molecule has 0 spiro atoms. The van der Waals surface area contributed by atoms with Crippen LogP contribution in [0.3, 0.4) is 0 Å². The lowest BCUT2D eigenvalue weighted by Crippen LogP contribution is -2.54. The van der Waals surface area contributed by atoms with E-state index in [0.29, 0.717) is 24.9 Å². The first kappa shape index (κ1) is 15.7. The lowest BCUT2D eigenvalue weighted by atomic mass is 10.1. The van der Waals surface area contributed by atoms with Crippen molar-refractivity contribution in [1.29, 1.82) is 5.26 Å². The van der Waals surface area contributed by atoms with Crippen LogP contribution in [0.15, 0.2) is 24.3 Å². The molecule has 0 radical (unpaired) electrons. The highest BCUT2D eigenvalue weighted by Crippen LogP contribution is 2.19.